The Balaban J connectivity index is 1.61. The van der Waals surface area contributed by atoms with E-state index in [4.69, 9.17) is 26.4 Å². The molecule has 0 saturated heterocycles. The molecule has 8 nitrogen and oxygen atoms in total. The lowest BCUT2D eigenvalue weighted by atomic mass is 9.86. The predicted octanol–water partition coefficient (Wildman–Crippen LogP) is 4.72. The molecule has 1 unspecified atom stereocenters. The van der Waals surface area contributed by atoms with Gasteiger partial charge in [-0.05, 0) is 68.9 Å². The molecule has 9 heteroatoms. The summed E-state index contributed by atoms with van der Waals surface area (Å²) in [6, 6.07) is 17.1. The summed E-state index contributed by atoms with van der Waals surface area (Å²) >= 11 is 5.49. The highest BCUT2D eigenvalue weighted by atomic mass is 32.1. The lowest BCUT2D eigenvalue weighted by Gasteiger charge is -2.36. The number of anilines is 1. The largest absolute Gasteiger partial charge is 0.482 e. The Hall–Kier alpha value is -3.98. The van der Waals surface area contributed by atoms with Gasteiger partial charge < -0.3 is 19.5 Å². The number of ether oxygens (including phenoxy) is 3. The van der Waals surface area contributed by atoms with Crippen LogP contribution in [0.2, 0.25) is 0 Å². The third-order valence-corrected chi connectivity index (χ3v) is 5.92. The van der Waals surface area contributed by atoms with Crippen LogP contribution in [0.1, 0.15) is 37.0 Å². The van der Waals surface area contributed by atoms with Gasteiger partial charge in [-0.2, -0.15) is 5.10 Å². The minimum Gasteiger partial charge on any atom is -0.482 e. The van der Waals surface area contributed by atoms with Crippen LogP contribution in [0.4, 0.5) is 5.69 Å². The van der Waals surface area contributed by atoms with Gasteiger partial charge in [-0.3, -0.25) is 10.4 Å². The van der Waals surface area contributed by atoms with E-state index >= 15 is 0 Å². The molecule has 3 aromatic rings. The summed E-state index contributed by atoms with van der Waals surface area (Å²) in [7, 11) is 0. The fourth-order valence-electron chi connectivity index (χ4n) is 3.87. The van der Waals surface area contributed by atoms with Crippen LogP contribution in [0.5, 0.6) is 11.5 Å². The minimum absolute atomic E-state index is 0.184. The maximum Gasteiger partial charge on any atom is 0.344 e. The average Bonchev–Trinajstić information content (AvgIpc) is 2.88. The number of hydrogen-bond acceptors (Lipinski definition) is 7. The molecule has 0 spiro atoms. The SMILES string of the molecule is CCOC(=O)COc1ccc2c(c1)/C(=N/NC(=S)Nc1ccccc1C)CC(C)(c1cccnc1)O2. The standard InChI is InChI=1S/C27H28N4O4S/c1-4-33-25(32)17-34-20-11-12-24-21(14-20)23(15-27(3,35-24)19-9-7-13-28-16-19)30-31-26(36)29-22-10-6-5-8-18(22)2/h5-14,16H,4,15,17H2,1-3H3,(H2,29,31,36)/b30-23+. The molecule has 36 heavy (non-hydrogen) atoms. The molecule has 4 rings (SSSR count). The predicted molar refractivity (Wildman–Crippen MR) is 142 cm³/mol. The van der Waals surface area contributed by atoms with E-state index in [9.17, 15) is 4.79 Å². The number of esters is 1. The molecule has 1 aromatic heterocycles. The number of para-hydroxylation sites is 1. The molecule has 1 atom stereocenters. The van der Waals surface area contributed by atoms with Crippen LogP contribution in [0.15, 0.2) is 72.1 Å². The van der Waals surface area contributed by atoms with Crippen molar-refractivity contribution in [2.45, 2.75) is 32.8 Å². The van der Waals surface area contributed by atoms with Crippen molar-refractivity contribution in [3.63, 3.8) is 0 Å². The van der Waals surface area contributed by atoms with Gasteiger partial charge in [-0.25, -0.2) is 4.79 Å². The summed E-state index contributed by atoms with van der Waals surface area (Å²) in [5, 5.41) is 8.19. The normalized spacial score (nSPS) is 17.5. The number of carbonyl (C=O) groups is 1. The molecular formula is C27H28N4O4S. The fraction of sp³-hybridized carbons (Fsp3) is 0.259. The number of fused-ring (bicyclic) bond motifs is 1. The molecule has 0 bridgehead atoms. The molecule has 1 aliphatic heterocycles. The molecule has 0 saturated carbocycles. The van der Waals surface area contributed by atoms with Crippen molar-refractivity contribution >= 4 is 34.7 Å². The number of nitrogens with one attached hydrogen (secondary N) is 2. The molecule has 2 heterocycles. The van der Waals surface area contributed by atoms with Crippen LogP contribution < -0.4 is 20.2 Å². The highest BCUT2D eigenvalue weighted by molar-refractivity contribution is 7.80. The van der Waals surface area contributed by atoms with Crippen molar-refractivity contribution in [2.24, 2.45) is 5.10 Å². The topological polar surface area (TPSA) is 94.1 Å². The van der Waals surface area contributed by atoms with Crippen molar-refractivity contribution in [3.8, 4) is 11.5 Å². The van der Waals surface area contributed by atoms with Crippen molar-refractivity contribution in [3.05, 3.63) is 83.7 Å². The smallest absolute Gasteiger partial charge is 0.344 e. The zero-order valence-electron chi connectivity index (χ0n) is 20.4. The zero-order valence-corrected chi connectivity index (χ0v) is 21.2. The number of hydrazone groups is 1. The number of carbonyl (C=O) groups excluding carboxylic acids is 1. The monoisotopic (exact) mass is 504 g/mol. The second-order valence-corrected chi connectivity index (χ2v) is 8.85. The first-order valence-corrected chi connectivity index (χ1v) is 12.0. The molecular weight excluding hydrogens is 476 g/mol. The number of rotatable bonds is 7. The minimum atomic E-state index is -0.694. The molecule has 186 valence electrons. The van der Waals surface area contributed by atoms with Gasteiger partial charge in [0.2, 0.25) is 0 Å². The van der Waals surface area contributed by atoms with Crippen LogP contribution in [-0.2, 0) is 15.1 Å². The Morgan fingerprint density at radius 1 is 1.22 bits per heavy atom. The first-order valence-electron chi connectivity index (χ1n) is 11.6. The van der Waals surface area contributed by atoms with Crippen molar-refractivity contribution in [2.75, 3.05) is 18.5 Å². The third-order valence-electron chi connectivity index (χ3n) is 5.72. The summed E-state index contributed by atoms with van der Waals surface area (Å²) in [6.45, 7) is 5.86. The Morgan fingerprint density at radius 2 is 2.06 bits per heavy atom. The Labute approximate surface area is 215 Å². The molecule has 0 aliphatic carbocycles. The van der Waals surface area contributed by atoms with Gasteiger partial charge in [-0.1, -0.05) is 24.3 Å². The van der Waals surface area contributed by atoms with E-state index in [-0.39, 0.29) is 6.61 Å². The van der Waals surface area contributed by atoms with E-state index in [1.807, 2.05) is 56.3 Å². The van der Waals surface area contributed by atoms with Crippen molar-refractivity contribution in [1.29, 1.82) is 0 Å². The zero-order chi connectivity index (χ0) is 25.5. The maximum absolute atomic E-state index is 11.7. The van der Waals surface area contributed by atoms with Gasteiger partial charge in [0, 0.05) is 35.6 Å². The number of pyridine rings is 1. The summed E-state index contributed by atoms with van der Waals surface area (Å²) in [5.41, 5.74) is 6.62. The summed E-state index contributed by atoms with van der Waals surface area (Å²) in [6.07, 6.45) is 3.97. The Bertz CT molecular complexity index is 1280. The third kappa shape index (κ3) is 5.98. The van der Waals surface area contributed by atoms with Crippen molar-refractivity contribution < 1.29 is 19.0 Å². The van der Waals surface area contributed by atoms with Crippen LogP contribution in [0.3, 0.4) is 0 Å². The first-order chi connectivity index (χ1) is 17.4. The van der Waals surface area contributed by atoms with Crippen LogP contribution in [0.25, 0.3) is 0 Å². The quantitative estimate of drug-likeness (QED) is 0.271. The van der Waals surface area contributed by atoms with Gasteiger partial charge in [0.1, 0.15) is 17.1 Å². The highest BCUT2D eigenvalue weighted by Gasteiger charge is 2.37. The molecule has 2 aromatic carbocycles. The van der Waals surface area contributed by atoms with E-state index < -0.39 is 11.6 Å². The first kappa shape index (κ1) is 25.1. The number of thiocarbonyl (C=S) groups is 1. The lowest BCUT2D eigenvalue weighted by Crippen LogP contribution is -2.38. The Kier molecular flexibility index (Phi) is 7.80. The number of benzene rings is 2. The van der Waals surface area contributed by atoms with E-state index in [1.165, 1.54) is 0 Å². The van der Waals surface area contributed by atoms with Gasteiger partial charge in [0.05, 0.1) is 12.3 Å². The summed E-state index contributed by atoms with van der Waals surface area (Å²) in [5.74, 6) is 0.705. The van der Waals surface area contributed by atoms with Crippen LogP contribution >= 0.6 is 12.2 Å². The number of nitrogens with zero attached hydrogens (tertiary/aromatic N) is 2. The number of aryl methyl sites for hydroxylation is 1. The van der Waals surface area contributed by atoms with E-state index in [2.05, 4.69) is 20.8 Å². The summed E-state index contributed by atoms with van der Waals surface area (Å²) in [4.78, 5) is 16.0. The molecule has 0 radical (unpaired) electrons. The second-order valence-electron chi connectivity index (χ2n) is 8.44. The van der Waals surface area contributed by atoms with E-state index in [0.29, 0.717) is 29.6 Å². The van der Waals surface area contributed by atoms with Gasteiger partial charge in [0.15, 0.2) is 11.7 Å². The molecule has 2 N–H and O–H groups in total. The van der Waals surface area contributed by atoms with Gasteiger partial charge >= 0.3 is 5.97 Å². The maximum atomic E-state index is 11.7. The summed E-state index contributed by atoms with van der Waals surface area (Å²) < 4.78 is 17.0. The molecule has 0 amide bonds. The second kappa shape index (κ2) is 11.2. The Morgan fingerprint density at radius 3 is 2.81 bits per heavy atom. The average molecular weight is 505 g/mol. The van der Waals surface area contributed by atoms with Crippen LogP contribution in [0, 0.1) is 6.92 Å². The fourth-order valence-corrected chi connectivity index (χ4v) is 4.03. The van der Waals surface area contributed by atoms with Crippen molar-refractivity contribution in [1.82, 2.24) is 10.4 Å². The lowest BCUT2D eigenvalue weighted by molar-refractivity contribution is -0.145. The van der Waals surface area contributed by atoms with E-state index in [1.54, 1.807) is 31.5 Å². The van der Waals surface area contributed by atoms with Gasteiger partial charge in [-0.15, -0.1) is 0 Å². The number of aromatic nitrogens is 1. The van der Waals surface area contributed by atoms with Gasteiger partial charge in [0.25, 0.3) is 0 Å². The van der Waals surface area contributed by atoms with Crippen LogP contribution in [-0.4, -0.2) is 35.0 Å². The molecule has 0 fully saturated rings. The molecule has 1 aliphatic rings. The highest BCUT2D eigenvalue weighted by Crippen LogP contribution is 2.40. The number of hydrogen-bond donors (Lipinski definition) is 2. The van der Waals surface area contributed by atoms with E-state index in [0.717, 1.165) is 28.1 Å².